The van der Waals surface area contributed by atoms with Crippen LogP contribution in [0.3, 0.4) is 0 Å². The minimum atomic E-state index is -0.229. The first-order chi connectivity index (χ1) is 17.9. The van der Waals surface area contributed by atoms with Crippen LogP contribution in [-0.4, -0.2) is 61.6 Å². The lowest BCUT2D eigenvalue weighted by Gasteiger charge is -2.37. The third-order valence-corrected chi connectivity index (χ3v) is 8.14. The number of ether oxygens (including phenoxy) is 2. The van der Waals surface area contributed by atoms with E-state index in [1.165, 1.54) is 4.88 Å². The first-order valence-electron chi connectivity index (χ1n) is 12.5. The second-order valence-corrected chi connectivity index (χ2v) is 10.7. The first kappa shape index (κ1) is 27.2. The zero-order valence-electron chi connectivity index (χ0n) is 21.5. The van der Waals surface area contributed by atoms with E-state index < -0.39 is 0 Å². The molecule has 0 saturated carbocycles. The van der Waals surface area contributed by atoms with Gasteiger partial charge in [0.25, 0.3) is 5.91 Å². The van der Waals surface area contributed by atoms with Gasteiger partial charge < -0.3 is 19.3 Å². The predicted molar refractivity (Wildman–Crippen MR) is 148 cm³/mol. The fraction of sp³-hybridized carbons (Fsp3) is 0.379. The van der Waals surface area contributed by atoms with E-state index in [0.29, 0.717) is 49.1 Å². The smallest absolute Gasteiger partial charge is 0.254 e. The number of carbonyl (C=O) groups excluding carboxylic acids is 2. The van der Waals surface area contributed by atoms with E-state index in [2.05, 4.69) is 11.4 Å². The summed E-state index contributed by atoms with van der Waals surface area (Å²) in [5, 5.41) is 2.76. The van der Waals surface area contributed by atoms with Crippen LogP contribution in [-0.2, 0) is 16.0 Å². The Morgan fingerprint density at radius 2 is 1.95 bits per heavy atom. The Balaban J connectivity index is 1.53. The molecule has 2 heterocycles. The Kier molecular flexibility index (Phi) is 9.24. The van der Waals surface area contributed by atoms with Crippen LogP contribution in [0.4, 0.5) is 0 Å². The summed E-state index contributed by atoms with van der Waals surface area (Å²) >= 11 is 7.88. The highest BCUT2D eigenvalue weighted by atomic mass is 35.5. The van der Waals surface area contributed by atoms with Gasteiger partial charge in [-0.1, -0.05) is 29.8 Å². The molecule has 2 amide bonds. The molecule has 0 N–H and O–H groups in total. The molecule has 0 bridgehead atoms. The molecule has 0 aliphatic carbocycles. The summed E-state index contributed by atoms with van der Waals surface area (Å²) in [6.07, 6.45) is 1.45. The van der Waals surface area contributed by atoms with Crippen molar-refractivity contribution in [2.24, 2.45) is 0 Å². The maximum Gasteiger partial charge on any atom is 0.254 e. The van der Waals surface area contributed by atoms with E-state index in [1.54, 1.807) is 23.3 Å². The second kappa shape index (κ2) is 12.6. The largest absolute Gasteiger partial charge is 0.491 e. The highest BCUT2D eigenvalue weighted by molar-refractivity contribution is 7.10. The highest BCUT2D eigenvalue weighted by Crippen LogP contribution is 2.34. The average molecular weight is 541 g/mol. The molecule has 2 aromatic carbocycles. The van der Waals surface area contributed by atoms with Gasteiger partial charge in [0.05, 0.1) is 6.04 Å². The number of methoxy groups -OCH3 is 1. The molecule has 1 aliphatic rings. The van der Waals surface area contributed by atoms with E-state index in [1.807, 2.05) is 61.2 Å². The number of aryl methyl sites for hydroxylation is 2. The van der Waals surface area contributed by atoms with Gasteiger partial charge in [0, 0.05) is 42.3 Å². The fourth-order valence-corrected chi connectivity index (χ4v) is 5.69. The van der Waals surface area contributed by atoms with Gasteiger partial charge in [0.2, 0.25) is 5.91 Å². The van der Waals surface area contributed by atoms with Crippen LogP contribution in [0.15, 0.2) is 53.9 Å². The Hall–Kier alpha value is -2.87. The number of hydrogen-bond donors (Lipinski definition) is 0. The van der Waals surface area contributed by atoms with Crippen LogP contribution in [0.5, 0.6) is 5.75 Å². The molecule has 1 atom stereocenters. The summed E-state index contributed by atoms with van der Waals surface area (Å²) in [4.78, 5) is 32.0. The van der Waals surface area contributed by atoms with Gasteiger partial charge in [0.15, 0.2) is 0 Å². The average Bonchev–Trinajstić information content (AvgIpc) is 3.38. The van der Waals surface area contributed by atoms with Gasteiger partial charge >= 0.3 is 0 Å². The molecule has 37 heavy (non-hydrogen) atoms. The van der Waals surface area contributed by atoms with E-state index in [0.717, 1.165) is 23.1 Å². The van der Waals surface area contributed by atoms with Crippen molar-refractivity contribution >= 4 is 34.8 Å². The number of thiophene rings is 1. The molecule has 3 aromatic rings. The van der Waals surface area contributed by atoms with Gasteiger partial charge in [-0.05, 0) is 79.1 Å². The summed E-state index contributed by atoms with van der Waals surface area (Å²) in [7, 11) is 1.64. The number of rotatable bonds is 10. The standard InChI is InChI=1S/C29H33ClN2O4S/c1-20-7-4-5-8-23(20)29(34)31(13-6-15-35-3)18-28(33)32-14-11-27-24(12-16-37-27)26(32)19-36-22-9-10-25(30)21(2)17-22/h4-5,7-10,12,16-17,26H,6,11,13-15,18-19H2,1-3H3/t26-/m1/s1. The van der Waals surface area contributed by atoms with E-state index in [-0.39, 0.29) is 24.4 Å². The Labute approximate surface area is 227 Å². The molecular weight excluding hydrogens is 508 g/mol. The minimum Gasteiger partial charge on any atom is -0.491 e. The molecule has 0 radical (unpaired) electrons. The third-order valence-electron chi connectivity index (χ3n) is 6.72. The van der Waals surface area contributed by atoms with Crippen molar-refractivity contribution in [2.75, 3.05) is 40.0 Å². The van der Waals surface area contributed by atoms with Crippen molar-refractivity contribution in [2.45, 2.75) is 32.7 Å². The summed E-state index contributed by atoms with van der Waals surface area (Å²) in [5.41, 5.74) is 3.56. The molecule has 0 unspecified atom stereocenters. The van der Waals surface area contributed by atoms with Crippen molar-refractivity contribution in [1.29, 1.82) is 0 Å². The molecule has 196 valence electrons. The number of fused-ring (bicyclic) bond motifs is 1. The van der Waals surface area contributed by atoms with Crippen LogP contribution in [0.25, 0.3) is 0 Å². The quantitative estimate of drug-likeness (QED) is 0.309. The fourth-order valence-electron chi connectivity index (χ4n) is 4.65. The third kappa shape index (κ3) is 6.53. The monoisotopic (exact) mass is 540 g/mol. The zero-order valence-corrected chi connectivity index (χ0v) is 23.1. The molecule has 4 rings (SSSR count). The van der Waals surface area contributed by atoms with Crippen LogP contribution in [0.2, 0.25) is 5.02 Å². The number of benzene rings is 2. The van der Waals surface area contributed by atoms with E-state index >= 15 is 0 Å². The molecule has 8 heteroatoms. The predicted octanol–water partition coefficient (Wildman–Crippen LogP) is 5.70. The number of nitrogens with zero attached hydrogens (tertiary/aromatic N) is 2. The van der Waals surface area contributed by atoms with Gasteiger partial charge in [-0.15, -0.1) is 11.3 Å². The van der Waals surface area contributed by atoms with Crippen molar-refractivity contribution in [1.82, 2.24) is 9.80 Å². The SMILES string of the molecule is COCCCN(CC(=O)N1CCc2sccc2[C@H]1COc1ccc(Cl)c(C)c1)C(=O)c1ccccc1C. The van der Waals surface area contributed by atoms with E-state index in [9.17, 15) is 9.59 Å². The van der Waals surface area contributed by atoms with Crippen LogP contribution in [0, 0.1) is 13.8 Å². The lowest BCUT2D eigenvalue weighted by molar-refractivity contribution is -0.135. The molecule has 0 fully saturated rings. The number of amides is 2. The highest BCUT2D eigenvalue weighted by Gasteiger charge is 2.33. The summed E-state index contributed by atoms with van der Waals surface area (Å²) in [6.45, 7) is 5.73. The zero-order chi connectivity index (χ0) is 26.4. The van der Waals surface area contributed by atoms with Gasteiger partial charge in [-0.2, -0.15) is 0 Å². The van der Waals surface area contributed by atoms with Crippen molar-refractivity contribution in [3.05, 3.63) is 86.1 Å². The molecule has 6 nitrogen and oxygen atoms in total. The van der Waals surface area contributed by atoms with E-state index in [4.69, 9.17) is 21.1 Å². The Morgan fingerprint density at radius 1 is 1.14 bits per heavy atom. The van der Waals surface area contributed by atoms with Crippen LogP contribution < -0.4 is 4.74 Å². The summed E-state index contributed by atoms with van der Waals surface area (Å²) in [5.74, 6) is 0.491. The maximum atomic E-state index is 13.7. The topological polar surface area (TPSA) is 59.1 Å². The maximum absolute atomic E-state index is 13.7. The lowest BCUT2D eigenvalue weighted by Crippen LogP contribution is -2.48. The number of carbonyl (C=O) groups is 2. The summed E-state index contributed by atoms with van der Waals surface area (Å²) < 4.78 is 11.4. The first-order valence-corrected chi connectivity index (χ1v) is 13.7. The Bertz CT molecular complexity index is 1240. The van der Waals surface area contributed by atoms with Crippen LogP contribution >= 0.6 is 22.9 Å². The Morgan fingerprint density at radius 3 is 2.70 bits per heavy atom. The molecule has 1 aromatic heterocycles. The normalized spacial score (nSPS) is 14.8. The van der Waals surface area contributed by atoms with Gasteiger partial charge in [-0.25, -0.2) is 0 Å². The minimum absolute atomic E-state index is 0.00685. The summed E-state index contributed by atoms with van der Waals surface area (Å²) in [6, 6.07) is 14.9. The van der Waals surface area contributed by atoms with Crippen molar-refractivity contribution in [3.63, 3.8) is 0 Å². The molecule has 0 spiro atoms. The second-order valence-electron chi connectivity index (χ2n) is 9.26. The number of hydrogen-bond acceptors (Lipinski definition) is 5. The number of halogens is 1. The molecule has 0 saturated heterocycles. The van der Waals surface area contributed by atoms with Gasteiger partial charge in [0.1, 0.15) is 18.9 Å². The van der Waals surface area contributed by atoms with Crippen LogP contribution in [0.1, 0.15) is 44.4 Å². The molecule has 1 aliphatic heterocycles. The van der Waals surface area contributed by atoms with Crippen molar-refractivity contribution in [3.8, 4) is 5.75 Å². The van der Waals surface area contributed by atoms with Gasteiger partial charge in [-0.3, -0.25) is 9.59 Å². The molecular formula is C29H33ClN2O4S. The van der Waals surface area contributed by atoms with Crippen molar-refractivity contribution < 1.29 is 19.1 Å². The lowest BCUT2D eigenvalue weighted by atomic mass is 10.00.